The van der Waals surface area contributed by atoms with Gasteiger partial charge in [0.25, 0.3) is 0 Å². The molecule has 0 unspecified atom stereocenters. The largest absolute Gasteiger partial charge is 0.459 e. The average molecular weight is 720 g/mol. The molecule has 1 saturated carbocycles. The van der Waals surface area contributed by atoms with E-state index in [2.05, 4.69) is 23.1 Å². The van der Waals surface area contributed by atoms with E-state index in [9.17, 15) is 19.8 Å². The highest BCUT2D eigenvalue weighted by Gasteiger charge is 2.65. The number of oxime groups is 1. The predicted molar refractivity (Wildman–Crippen MR) is 196 cm³/mol. The number of rotatable bonds is 17. The number of allylic oxidation sites excluding steroid dienone is 1. The van der Waals surface area contributed by atoms with Gasteiger partial charge in [0, 0.05) is 44.7 Å². The standard InChI is InChI=1S/C40H53N3O9/c1-5-22-49-40-35(43(3)39(47)48-4)25-33(42-50-6-2)31-23-28(16-10-12-20-44)30(17-11-13-21-45)36(37(31)40)32-24-29(18-19-34(32)52-40)51-38(46)41-26-27-14-8-7-9-15-27/h5,7-9,14-15,18-19,23-24,28,30,35-37,44-45H,1,6,10-13,16-17,20-22,25-26H2,2-4H3,(H,41,46)/t28-,30+,35-,36+,37+,40+/m0/s1. The van der Waals surface area contributed by atoms with E-state index in [1.54, 1.807) is 25.3 Å². The smallest absolute Gasteiger partial charge is 0.412 e. The van der Waals surface area contributed by atoms with Crippen LogP contribution >= 0.6 is 0 Å². The minimum atomic E-state index is -1.38. The van der Waals surface area contributed by atoms with Gasteiger partial charge in [-0.3, -0.25) is 0 Å². The molecule has 1 fully saturated rings. The van der Waals surface area contributed by atoms with Crippen molar-refractivity contribution in [3.63, 3.8) is 0 Å². The topological polar surface area (TPSA) is 148 Å². The monoisotopic (exact) mass is 719 g/mol. The molecular formula is C40H53N3O9. The molecule has 2 amide bonds. The molecule has 0 spiro atoms. The van der Waals surface area contributed by atoms with Crippen LogP contribution in [-0.2, 0) is 20.9 Å². The van der Waals surface area contributed by atoms with Crippen molar-refractivity contribution in [3.05, 3.63) is 84.0 Å². The van der Waals surface area contributed by atoms with Crippen molar-refractivity contribution in [2.24, 2.45) is 22.9 Å². The Kier molecular flexibility index (Phi) is 13.7. The quantitative estimate of drug-likeness (QED) is 0.0970. The summed E-state index contributed by atoms with van der Waals surface area (Å²) in [5.41, 5.74) is 3.40. The van der Waals surface area contributed by atoms with Crippen LogP contribution in [-0.4, -0.2) is 85.4 Å². The first-order chi connectivity index (χ1) is 25.3. The molecule has 12 nitrogen and oxygen atoms in total. The van der Waals surface area contributed by atoms with E-state index in [1.165, 1.54) is 12.0 Å². The Labute approximate surface area is 306 Å². The van der Waals surface area contributed by atoms with Crippen LogP contribution < -0.4 is 14.8 Å². The lowest BCUT2D eigenvalue weighted by Gasteiger charge is -2.59. The maximum Gasteiger partial charge on any atom is 0.412 e. The third-order valence-corrected chi connectivity index (χ3v) is 10.4. The Balaban J connectivity index is 1.66. The number of nitrogens with one attached hydrogen (secondary N) is 1. The van der Waals surface area contributed by atoms with E-state index in [-0.39, 0.29) is 44.0 Å². The molecule has 6 atom stereocenters. The van der Waals surface area contributed by atoms with Crippen LogP contribution in [0.4, 0.5) is 9.59 Å². The number of ether oxygens (including phenoxy) is 4. The van der Waals surface area contributed by atoms with Crippen LogP contribution in [0, 0.1) is 17.8 Å². The molecule has 282 valence electrons. The van der Waals surface area contributed by atoms with Gasteiger partial charge < -0.3 is 44.2 Å². The van der Waals surface area contributed by atoms with Gasteiger partial charge in [0.15, 0.2) is 0 Å². The summed E-state index contributed by atoms with van der Waals surface area (Å²) in [7, 11) is 3.01. The van der Waals surface area contributed by atoms with E-state index >= 15 is 0 Å². The highest BCUT2D eigenvalue weighted by Crippen LogP contribution is 2.61. The highest BCUT2D eigenvalue weighted by atomic mass is 16.7. The fourth-order valence-corrected chi connectivity index (χ4v) is 8.12. The van der Waals surface area contributed by atoms with E-state index in [1.807, 2.05) is 43.3 Å². The number of likely N-dealkylation sites (N-methyl/N-ethyl adjacent to an activating group) is 1. The first-order valence-corrected chi connectivity index (χ1v) is 18.3. The van der Waals surface area contributed by atoms with Crippen molar-refractivity contribution in [3.8, 4) is 11.5 Å². The van der Waals surface area contributed by atoms with Crippen molar-refractivity contribution < 1.29 is 43.6 Å². The SMILES string of the molecule is C=CCO[C@@]12Oc3ccc(OC(=O)NCc4ccccc4)cc3[C@H]3[C@H](CCCCO)[C@@H](CCCCO)C=C(C(=NOCC)C[C@@H]1N(C)C(=O)OC)[C@H]32. The number of unbranched alkanes of at least 4 members (excludes halogenated alkanes) is 2. The number of benzene rings is 2. The second-order valence-corrected chi connectivity index (χ2v) is 13.5. The van der Waals surface area contributed by atoms with Gasteiger partial charge in [-0.25, -0.2) is 9.59 Å². The molecule has 5 rings (SSSR count). The van der Waals surface area contributed by atoms with Gasteiger partial charge >= 0.3 is 12.2 Å². The summed E-state index contributed by atoms with van der Waals surface area (Å²) >= 11 is 0. The lowest BCUT2D eigenvalue weighted by Crippen LogP contribution is -2.69. The van der Waals surface area contributed by atoms with Gasteiger partial charge in [-0.1, -0.05) is 60.5 Å². The predicted octanol–water partition coefficient (Wildman–Crippen LogP) is 6.33. The number of aliphatic hydroxyl groups is 2. The Morgan fingerprint density at radius 1 is 1.10 bits per heavy atom. The molecule has 12 heteroatoms. The minimum Gasteiger partial charge on any atom is -0.459 e. The maximum absolute atomic E-state index is 13.2. The van der Waals surface area contributed by atoms with Gasteiger partial charge in [-0.15, -0.1) is 6.58 Å². The fraction of sp³-hybridized carbons (Fsp3) is 0.525. The minimum absolute atomic E-state index is 0.0334. The zero-order chi connectivity index (χ0) is 37.1. The number of hydrogen-bond acceptors (Lipinski definition) is 10. The third-order valence-electron chi connectivity index (χ3n) is 10.4. The Morgan fingerprint density at radius 3 is 2.54 bits per heavy atom. The summed E-state index contributed by atoms with van der Waals surface area (Å²) in [5.74, 6) is -1.08. The number of fused-ring (bicyclic) bond motifs is 2. The molecule has 1 aliphatic heterocycles. The summed E-state index contributed by atoms with van der Waals surface area (Å²) in [6.45, 7) is 6.79. The zero-order valence-electron chi connectivity index (χ0n) is 30.5. The van der Waals surface area contributed by atoms with Crippen molar-refractivity contribution in [1.82, 2.24) is 10.2 Å². The number of aliphatic hydroxyl groups excluding tert-OH is 2. The van der Waals surface area contributed by atoms with E-state index in [4.69, 9.17) is 23.8 Å². The Bertz CT molecular complexity index is 1580. The van der Waals surface area contributed by atoms with E-state index in [0.29, 0.717) is 43.2 Å². The van der Waals surface area contributed by atoms with Crippen LogP contribution in [0.2, 0.25) is 0 Å². The van der Waals surface area contributed by atoms with Crippen molar-refractivity contribution in [2.75, 3.05) is 40.6 Å². The number of methoxy groups -OCH3 is 1. The van der Waals surface area contributed by atoms with Crippen molar-refractivity contribution >= 4 is 17.9 Å². The average Bonchev–Trinajstić information content (AvgIpc) is 3.16. The van der Waals surface area contributed by atoms with Crippen LogP contribution in [0.3, 0.4) is 0 Å². The Morgan fingerprint density at radius 2 is 1.85 bits per heavy atom. The van der Waals surface area contributed by atoms with Gasteiger partial charge in [0.2, 0.25) is 5.79 Å². The normalized spacial score (nSPS) is 25.1. The van der Waals surface area contributed by atoms with Gasteiger partial charge in [0.05, 0.1) is 25.3 Å². The summed E-state index contributed by atoms with van der Waals surface area (Å²) in [6.07, 6.45) is 7.58. The van der Waals surface area contributed by atoms with Crippen LogP contribution in [0.5, 0.6) is 11.5 Å². The first kappa shape index (κ1) is 38.8. The van der Waals surface area contributed by atoms with Crippen molar-refractivity contribution in [2.45, 2.75) is 76.2 Å². The van der Waals surface area contributed by atoms with Crippen LogP contribution in [0.15, 0.2) is 78.0 Å². The van der Waals surface area contributed by atoms with Gasteiger partial charge in [-0.05, 0) is 73.8 Å². The van der Waals surface area contributed by atoms with E-state index in [0.717, 1.165) is 42.4 Å². The number of hydrogen-bond donors (Lipinski definition) is 3. The molecule has 2 aromatic carbocycles. The third kappa shape index (κ3) is 8.46. The molecule has 2 aromatic rings. The number of nitrogens with zero attached hydrogens (tertiary/aromatic N) is 2. The highest BCUT2D eigenvalue weighted by molar-refractivity contribution is 6.02. The summed E-state index contributed by atoms with van der Waals surface area (Å²) in [5, 5.41) is 26.9. The van der Waals surface area contributed by atoms with Crippen LogP contribution in [0.25, 0.3) is 0 Å². The molecule has 3 aliphatic rings. The van der Waals surface area contributed by atoms with Gasteiger partial charge in [0.1, 0.15) is 24.1 Å². The molecule has 2 aliphatic carbocycles. The molecule has 52 heavy (non-hydrogen) atoms. The molecular weight excluding hydrogens is 666 g/mol. The lowest BCUT2D eigenvalue weighted by atomic mass is 9.55. The second kappa shape index (κ2) is 18.4. The molecule has 1 heterocycles. The second-order valence-electron chi connectivity index (χ2n) is 13.5. The van der Waals surface area contributed by atoms with Crippen LogP contribution in [0.1, 0.15) is 68.9 Å². The van der Waals surface area contributed by atoms with Gasteiger partial charge in [-0.2, -0.15) is 0 Å². The molecule has 0 radical (unpaired) electrons. The number of amides is 2. The maximum atomic E-state index is 13.2. The molecule has 0 saturated heterocycles. The van der Waals surface area contributed by atoms with E-state index < -0.39 is 29.9 Å². The first-order valence-electron chi connectivity index (χ1n) is 18.3. The zero-order valence-corrected chi connectivity index (χ0v) is 30.5. The summed E-state index contributed by atoms with van der Waals surface area (Å²) < 4.78 is 24.9. The van der Waals surface area contributed by atoms with Crippen molar-refractivity contribution in [1.29, 1.82) is 0 Å². The summed E-state index contributed by atoms with van der Waals surface area (Å²) in [4.78, 5) is 33.5. The fourth-order valence-electron chi connectivity index (χ4n) is 8.12. The molecule has 0 aromatic heterocycles. The number of carbonyl (C=O) groups is 2. The Hall–Kier alpha value is -4.39. The molecule has 3 N–H and O–H groups in total. The molecule has 0 bridgehead atoms. The number of carbonyl (C=O) groups excluding carboxylic acids is 2. The lowest BCUT2D eigenvalue weighted by molar-refractivity contribution is -0.253. The summed E-state index contributed by atoms with van der Waals surface area (Å²) in [6, 6.07) is 14.3.